The van der Waals surface area contributed by atoms with Crippen LogP contribution in [-0.4, -0.2) is 24.0 Å². The molecule has 6 heteroatoms. The fourth-order valence-electron chi connectivity index (χ4n) is 2.37. The normalized spacial score (nSPS) is 14.5. The van der Waals surface area contributed by atoms with Crippen LogP contribution in [0.15, 0.2) is 36.4 Å². The molecule has 1 heterocycles. The smallest absolute Gasteiger partial charge is 0.228 e. The van der Waals surface area contributed by atoms with Crippen LogP contribution in [0, 0.1) is 14.3 Å². The van der Waals surface area contributed by atoms with Crippen LogP contribution >= 0.6 is 90.4 Å². The third-order valence-electron chi connectivity index (χ3n) is 3.31. The van der Waals surface area contributed by atoms with Crippen LogP contribution in [0.5, 0.6) is 0 Å². The molecular formula is C15H11I4N2+. The molecule has 0 fully saturated rings. The van der Waals surface area contributed by atoms with E-state index in [0.29, 0.717) is 0 Å². The highest BCUT2D eigenvalue weighted by Gasteiger charge is 2.27. The Morgan fingerprint density at radius 1 is 0.810 bits per heavy atom. The first-order valence-electron chi connectivity index (χ1n) is 6.34. The maximum Gasteiger partial charge on any atom is 0.244 e. The number of para-hydroxylation sites is 2. The van der Waals surface area contributed by atoms with Gasteiger partial charge in [0.05, 0.1) is 14.3 Å². The molecular weight excluding hydrogens is 716 g/mol. The van der Waals surface area contributed by atoms with E-state index in [-0.39, 0.29) is 0 Å². The van der Waals surface area contributed by atoms with E-state index in [1.165, 1.54) is 25.7 Å². The van der Waals surface area contributed by atoms with Gasteiger partial charge in [-0.3, -0.25) is 0 Å². The number of anilines is 1. The summed E-state index contributed by atoms with van der Waals surface area (Å²) in [4.78, 5) is 2.36. The van der Waals surface area contributed by atoms with Crippen molar-refractivity contribution in [3.05, 3.63) is 50.7 Å². The lowest BCUT2D eigenvalue weighted by Gasteiger charge is -2.10. The van der Waals surface area contributed by atoms with Crippen LogP contribution in [0.3, 0.4) is 0 Å². The maximum atomic E-state index is 2.42. The van der Waals surface area contributed by atoms with E-state index in [1.807, 2.05) is 0 Å². The lowest BCUT2D eigenvalue weighted by atomic mass is 10.3. The van der Waals surface area contributed by atoms with Gasteiger partial charge in [-0.05, 0) is 115 Å². The number of hydrogen-bond acceptors (Lipinski definition) is 1. The summed E-state index contributed by atoms with van der Waals surface area (Å²) in [7, 11) is 0. The highest BCUT2D eigenvalue weighted by Crippen LogP contribution is 2.32. The Bertz CT molecular complexity index is 687. The monoisotopic (exact) mass is 727 g/mol. The van der Waals surface area contributed by atoms with Gasteiger partial charge in [0, 0.05) is 0 Å². The minimum absolute atomic E-state index is 1.02. The molecule has 0 saturated heterocycles. The third-order valence-corrected chi connectivity index (χ3v) is 6.79. The molecule has 1 aliphatic rings. The van der Waals surface area contributed by atoms with Gasteiger partial charge < -0.3 is 0 Å². The van der Waals surface area contributed by atoms with E-state index >= 15 is 0 Å². The van der Waals surface area contributed by atoms with Gasteiger partial charge in [0.2, 0.25) is 6.34 Å². The molecule has 0 radical (unpaired) electrons. The summed E-state index contributed by atoms with van der Waals surface area (Å²) in [6.07, 6.45) is 2.25. The molecule has 0 bridgehead atoms. The minimum Gasteiger partial charge on any atom is -0.228 e. The van der Waals surface area contributed by atoms with E-state index in [0.717, 1.165) is 13.1 Å². The summed E-state index contributed by atoms with van der Waals surface area (Å²) in [5.41, 5.74) is 2.64. The highest BCUT2D eigenvalue weighted by atomic mass is 127. The number of benzene rings is 2. The molecule has 0 spiro atoms. The molecule has 0 unspecified atom stereocenters. The van der Waals surface area contributed by atoms with Gasteiger partial charge in [0.1, 0.15) is 13.1 Å². The van der Waals surface area contributed by atoms with Crippen LogP contribution in [0.25, 0.3) is 0 Å². The lowest BCUT2D eigenvalue weighted by molar-refractivity contribution is -0.425. The second kappa shape index (κ2) is 7.16. The van der Waals surface area contributed by atoms with E-state index in [2.05, 4.69) is 143 Å². The molecule has 3 rings (SSSR count). The van der Waals surface area contributed by atoms with Crippen molar-refractivity contribution in [3.63, 3.8) is 0 Å². The molecule has 108 valence electrons. The molecule has 0 aromatic heterocycles. The van der Waals surface area contributed by atoms with Gasteiger partial charge in [-0.25, -0.2) is 9.48 Å². The Labute approximate surface area is 178 Å². The zero-order valence-electron chi connectivity index (χ0n) is 10.9. The Balaban J connectivity index is 2.02. The van der Waals surface area contributed by atoms with Gasteiger partial charge in [-0.1, -0.05) is 12.1 Å². The van der Waals surface area contributed by atoms with Crippen molar-refractivity contribution in [1.29, 1.82) is 0 Å². The number of rotatable bonds is 2. The van der Waals surface area contributed by atoms with Crippen molar-refractivity contribution >= 4 is 108 Å². The fraction of sp³-hybridized carbons (Fsp3) is 0.133. The van der Waals surface area contributed by atoms with Gasteiger partial charge in [0.15, 0.2) is 11.4 Å². The minimum atomic E-state index is 1.02. The van der Waals surface area contributed by atoms with Gasteiger partial charge in [-0.15, -0.1) is 0 Å². The fourth-order valence-corrected chi connectivity index (χ4v) is 6.63. The topological polar surface area (TPSA) is 6.25 Å². The standard InChI is InChI=1S/C15H11I4N2/c16-10-3-1-4-11(17)14(10)20-7-8-21(9-20)15-12(18)5-2-6-13(15)19/h1-6,9H,7-8H2/q+1. The molecule has 1 aliphatic heterocycles. The summed E-state index contributed by atoms with van der Waals surface area (Å²) in [6.45, 7) is 2.05. The molecule has 0 amide bonds. The van der Waals surface area contributed by atoms with E-state index in [4.69, 9.17) is 0 Å². The summed E-state index contributed by atoms with van der Waals surface area (Å²) in [5.74, 6) is 0. The van der Waals surface area contributed by atoms with Gasteiger partial charge in [-0.2, -0.15) is 0 Å². The summed E-state index contributed by atoms with van der Waals surface area (Å²) < 4.78 is 7.57. The number of hydrogen-bond donors (Lipinski definition) is 0. The largest absolute Gasteiger partial charge is 0.244 e. The van der Waals surface area contributed by atoms with Crippen LogP contribution in [0.1, 0.15) is 0 Å². The molecule has 2 nitrogen and oxygen atoms in total. The summed E-state index contributed by atoms with van der Waals surface area (Å²) in [5, 5.41) is 0. The first kappa shape index (κ1) is 16.7. The summed E-state index contributed by atoms with van der Waals surface area (Å²) >= 11 is 9.69. The quantitative estimate of drug-likeness (QED) is 0.301. The van der Waals surface area contributed by atoms with Gasteiger partial charge >= 0.3 is 0 Å². The zero-order chi connectivity index (χ0) is 15.0. The molecule has 2 aromatic carbocycles. The predicted molar refractivity (Wildman–Crippen MR) is 122 cm³/mol. The van der Waals surface area contributed by atoms with Crippen molar-refractivity contribution in [1.82, 2.24) is 0 Å². The third kappa shape index (κ3) is 3.52. The SMILES string of the molecule is Ic1cccc(I)c1N1C=[N+](c2c(I)cccc2I)CC1. The maximum absolute atomic E-state index is 2.42. The summed E-state index contributed by atoms with van der Waals surface area (Å²) in [6, 6.07) is 12.9. The Hall–Kier alpha value is 0.830. The van der Waals surface area contributed by atoms with Gasteiger partial charge in [0.25, 0.3) is 0 Å². The average molecular weight is 727 g/mol. The van der Waals surface area contributed by atoms with Crippen LogP contribution in [0.4, 0.5) is 11.4 Å². The van der Waals surface area contributed by atoms with E-state index in [1.54, 1.807) is 0 Å². The molecule has 21 heavy (non-hydrogen) atoms. The van der Waals surface area contributed by atoms with Crippen LogP contribution in [0.2, 0.25) is 0 Å². The Kier molecular flexibility index (Phi) is 5.68. The molecule has 0 N–H and O–H groups in total. The van der Waals surface area contributed by atoms with E-state index < -0.39 is 0 Å². The first-order valence-corrected chi connectivity index (χ1v) is 10.7. The second-order valence-electron chi connectivity index (χ2n) is 4.64. The van der Waals surface area contributed by atoms with Crippen molar-refractivity contribution in [2.75, 3.05) is 18.0 Å². The molecule has 0 saturated carbocycles. The Morgan fingerprint density at radius 3 is 1.90 bits per heavy atom. The average Bonchev–Trinajstić information content (AvgIpc) is 2.87. The van der Waals surface area contributed by atoms with Crippen molar-refractivity contribution in [2.24, 2.45) is 0 Å². The van der Waals surface area contributed by atoms with Crippen LogP contribution < -0.4 is 4.90 Å². The van der Waals surface area contributed by atoms with Crippen molar-refractivity contribution in [3.8, 4) is 0 Å². The molecule has 0 atom stereocenters. The van der Waals surface area contributed by atoms with Crippen molar-refractivity contribution < 1.29 is 4.58 Å². The predicted octanol–water partition coefficient (Wildman–Crippen LogP) is 5.30. The first-order chi connectivity index (χ1) is 10.1. The molecule has 0 aliphatic carbocycles. The van der Waals surface area contributed by atoms with E-state index in [9.17, 15) is 0 Å². The second-order valence-corrected chi connectivity index (χ2v) is 9.29. The van der Waals surface area contributed by atoms with Crippen LogP contribution in [-0.2, 0) is 0 Å². The molecule has 2 aromatic rings. The number of nitrogens with zero attached hydrogens (tertiary/aromatic N) is 2. The lowest BCUT2D eigenvalue weighted by Crippen LogP contribution is -2.20. The number of halogens is 4. The zero-order valence-corrected chi connectivity index (χ0v) is 19.5. The highest BCUT2D eigenvalue weighted by molar-refractivity contribution is 14.1. The van der Waals surface area contributed by atoms with Crippen molar-refractivity contribution in [2.45, 2.75) is 0 Å². The Morgan fingerprint density at radius 2 is 1.33 bits per heavy atom.